The molecule has 1 heterocycles. The molecule has 0 spiro atoms. The highest BCUT2D eigenvalue weighted by atomic mass is 16.5. The Labute approximate surface area is 118 Å². The summed E-state index contributed by atoms with van der Waals surface area (Å²) in [5.41, 5.74) is 2.44. The van der Waals surface area contributed by atoms with Crippen LogP contribution in [0.1, 0.15) is 18.1 Å². The first-order chi connectivity index (χ1) is 9.72. The van der Waals surface area contributed by atoms with E-state index in [1.165, 1.54) is 11.1 Å². The van der Waals surface area contributed by atoms with Crippen molar-refractivity contribution in [3.63, 3.8) is 0 Å². The van der Waals surface area contributed by atoms with Crippen molar-refractivity contribution < 1.29 is 4.74 Å². The van der Waals surface area contributed by atoms with Gasteiger partial charge in [0.15, 0.2) is 0 Å². The lowest BCUT2D eigenvalue weighted by atomic mass is 10.1. The highest BCUT2D eigenvalue weighted by molar-refractivity contribution is 5.37. The fraction of sp³-hybridized carbons (Fsp3) is 0.357. The molecule has 0 saturated heterocycles. The van der Waals surface area contributed by atoms with Gasteiger partial charge in [0, 0.05) is 13.6 Å². The molecule has 0 bridgehead atoms. The highest BCUT2D eigenvalue weighted by Crippen LogP contribution is 2.13. The number of hydrogen-bond acceptors (Lipinski definition) is 6. The van der Waals surface area contributed by atoms with Gasteiger partial charge in [0.05, 0.1) is 6.61 Å². The molecule has 1 aromatic carbocycles. The fourth-order valence-electron chi connectivity index (χ4n) is 1.72. The highest BCUT2D eigenvalue weighted by Gasteiger charge is 2.06. The molecule has 20 heavy (non-hydrogen) atoms. The van der Waals surface area contributed by atoms with Crippen LogP contribution < -0.4 is 15.4 Å². The molecule has 2 rings (SSSR count). The summed E-state index contributed by atoms with van der Waals surface area (Å²) < 4.78 is 5.32. The van der Waals surface area contributed by atoms with Crippen molar-refractivity contribution in [1.82, 2.24) is 15.0 Å². The Kier molecular flexibility index (Phi) is 4.70. The maximum atomic E-state index is 5.32. The van der Waals surface area contributed by atoms with Crippen molar-refractivity contribution in [1.29, 1.82) is 0 Å². The number of nitrogens with one attached hydrogen (secondary N) is 2. The summed E-state index contributed by atoms with van der Waals surface area (Å²) >= 11 is 0. The lowest BCUT2D eigenvalue weighted by Crippen LogP contribution is -2.09. The van der Waals surface area contributed by atoms with Crippen molar-refractivity contribution in [2.24, 2.45) is 0 Å². The van der Waals surface area contributed by atoms with Crippen molar-refractivity contribution in [2.75, 3.05) is 24.3 Å². The van der Waals surface area contributed by atoms with E-state index in [4.69, 9.17) is 4.74 Å². The fourth-order valence-corrected chi connectivity index (χ4v) is 1.72. The summed E-state index contributed by atoms with van der Waals surface area (Å²) in [5.74, 6) is 0.979. The van der Waals surface area contributed by atoms with Gasteiger partial charge in [-0.05, 0) is 25.0 Å². The average Bonchev–Trinajstić information content (AvgIpc) is 2.46. The van der Waals surface area contributed by atoms with E-state index < -0.39 is 0 Å². The standard InChI is InChI=1S/C14H19N5O/c1-4-20-14-18-12(15-3)17-13(19-14)16-9-11-8-6-5-7-10(11)2/h5-8H,4,9H2,1-3H3,(H2,15,16,17,18,19). The lowest BCUT2D eigenvalue weighted by molar-refractivity contribution is 0.312. The van der Waals surface area contributed by atoms with E-state index in [-0.39, 0.29) is 0 Å². The summed E-state index contributed by atoms with van der Waals surface area (Å²) in [4.78, 5) is 12.6. The Morgan fingerprint density at radius 3 is 2.55 bits per heavy atom. The Balaban J connectivity index is 2.12. The molecule has 0 radical (unpaired) electrons. The largest absolute Gasteiger partial charge is 0.464 e. The van der Waals surface area contributed by atoms with Gasteiger partial charge in [0.25, 0.3) is 0 Å². The monoisotopic (exact) mass is 273 g/mol. The molecule has 0 aliphatic carbocycles. The Hall–Kier alpha value is -2.37. The molecule has 2 aromatic rings. The third-order valence-corrected chi connectivity index (χ3v) is 2.81. The van der Waals surface area contributed by atoms with E-state index in [1.54, 1.807) is 7.05 Å². The summed E-state index contributed by atoms with van der Waals surface area (Å²) in [7, 11) is 1.76. The van der Waals surface area contributed by atoms with E-state index in [0.717, 1.165) is 0 Å². The molecule has 6 heteroatoms. The first-order valence-electron chi connectivity index (χ1n) is 6.58. The molecule has 0 unspecified atom stereocenters. The normalized spacial score (nSPS) is 10.2. The SMILES string of the molecule is CCOc1nc(NC)nc(NCc2ccccc2C)n1. The third-order valence-electron chi connectivity index (χ3n) is 2.81. The first-order valence-corrected chi connectivity index (χ1v) is 6.58. The molecule has 0 aliphatic rings. The zero-order chi connectivity index (χ0) is 14.4. The minimum absolute atomic E-state index is 0.319. The number of anilines is 2. The average molecular weight is 273 g/mol. The summed E-state index contributed by atoms with van der Waals surface area (Å²) in [5, 5.41) is 6.09. The summed E-state index contributed by atoms with van der Waals surface area (Å²) in [6.45, 7) is 5.15. The molecule has 1 aromatic heterocycles. The minimum atomic E-state index is 0.319. The number of ether oxygens (including phenoxy) is 1. The van der Waals surface area contributed by atoms with Crippen LogP contribution >= 0.6 is 0 Å². The minimum Gasteiger partial charge on any atom is -0.464 e. The summed E-state index contributed by atoms with van der Waals surface area (Å²) in [6, 6.07) is 8.51. The van der Waals surface area contributed by atoms with Crippen molar-refractivity contribution in [3.05, 3.63) is 35.4 Å². The molecular formula is C14H19N5O. The van der Waals surface area contributed by atoms with Crippen LogP contribution in [-0.2, 0) is 6.54 Å². The van der Waals surface area contributed by atoms with E-state index >= 15 is 0 Å². The van der Waals surface area contributed by atoms with Crippen LogP contribution in [0, 0.1) is 6.92 Å². The van der Waals surface area contributed by atoms with Gasteiger partial charge in [-0.15, -0.1) is 0 Å². The van der Waals surface area contributed by atoms with E-state index in [0.29, 0.717) is 31.1 Å². The molecule has 0 atom stereocenters. The van der Waals surface area contributed by atoms with Crippen molar-refractivity contribution >= 4 is 11.9 Å². The second-order valence-corrected chi connectivity index (χ2v) is 4.23. The molecule has 6 nitrogen and oxygen atoms in total. The van der Waals surface area contributed by atoms with Crippen LogP contribution in [0.15, 0.2) is 24.3 Å². The zero-order valence-corrected chi connectivity index (χ0v) is 12.0. The molecule has 2 N–H and O–H groups in total. The zero-order valence-electron chi connectivity index (χ0n) is 12.0. The third kappa shape index (κ3) is 3.57. The van der Waals surface area contributed by atoms with Gasteiger partial charge in [-0.1, -0.05) is 24.3 Å². The molecule has 0 amide bonds. The summed E-state index contributed by atoms with van der Waals surface area (Å²) in [6.07, 6.45) is 0. The predicted molar refractivity (Wildman–Crippen MR) is 79.0 cm³/mol. The topological polar surface area (TPSA) is 72.0 Å². The van der Waals surface area contributed by atoms with Crippen LogP contribution in [0.5, 0.6) is 6.01 Å². The van der Waals surface area contributed by atoms with Crippen LogP contribution in [0.3, 0.4) is 0 Å². The number of hydrogen-bond donors (Lipinski definition) is 2. The van der Waals surface area contributed by atoms with Gasteiger partial charge in [-0.2, -0.15) is 15.0 Å². The van der Waals surface area contributed by atoms with Gasteiger partial charge < -0.3 is 15.4 Å². The number of benzene rings is 1. The number of aromatic nitrogens is 3. The van der Waals surface area contributed by atoms with Crippen LogP contribution in [0.2, 0.25) is 0 Å². The maximum Gasteiger partial charge on any atom is 0.323 e. The smallest absolute Gasteiger partial charge is 0.323 e. The molecule has 0 aliphatic heterocycles. The van der Waals surface area contributed by atoms with Crippen molar-refractivity contribution in [2.45, 2.75) is 20.4 Å². The second kappa shape index (κ2) is 6.70. The first kappa shape index (κ1) is 14.0. The number of rotatable bonds is 6. The number of nitrogens with zero attached hydrogens (tertiary/aromatic N) is 3. The molecule has 0 fully saturated rings. The van der Waals surface area contributed by atoms with Crippen LogP contribution in [0.25, 0.3) is 0 Å². The van der Waals surface area contributed by atoms with Gasteiger partial charge in [0.1, 0.15) is 0 Å². The molecule has 0 saturated carbocycles. The molecular weight excluding hydrogens is 254 g/mol. The number of aryl methyl sites for hydroxylation is 1. The van der Waals surface area contributed by atoms with Gasteiger partial charge in [0.2, 0.25) is 11.9 Å². The van der Waals surface area contributed by atoms with Crippen LogP contribution in [0.4, 0.5) is 11.9 Å². The van der Waals surface area contributed by atoms with Gasteiger partial charge >= 0.3 is 6.01 Å². The van der Waals surface area contributed by atoms with E-state index in [1.807, 2.05) is 19.1 Å². The predicted octanol–water partition coefficient (Wildman–Crippen LogP) is 2.23. The van der Waals surface area contributed by atoms with Crippen molar-refractivity contribution in [3.8, 4) is 6.01 Å². The quantitative estimate of drug-likeness (QED) is 0.841. The van der Waals surface area contributed by atoms with Gasteiger partial charge in [-0.3, -0.25) is 0 Å². The van der Waals surface area contributed by atoms with Gasteiger partial charge in [-0.25, -0.2) is 0 Å². The van der Waals surface area contributed by atoms with Crippen LogP contribution in [-0.4, -0.2) is 28.6 Å². The Morgan fingerprint density at radius 1 is 1.10 bits per heavy atom. The Morgan fingerprint density at radius 2 is 1.85 bits per heavy atom. The molecule has 106 valence electrons. The maximum absolute atomic E-state index is 5.32. The second-order valence-electron chi connectivity index (χ2n) is 4.23. The lowest BCUT2D eigenvalue weighted by Gasteiger charge is -2.10. The van der Waals surface area contributed by atoms with E-state index in [9.17, 15) is 0 Å². The van der Waals surface area contributed by atoms with E-state index in [2.05, 4.69) is 44.6 Å². The Bertz CT molecular complexity index is 573.